The van der Waals surface area contributed by atoms with Crippen LogP contribution in [0.3, 0.4) is 0 Å². The average molecular weight is 348 g/mol. The molecule has 2 N–H and O–H groups in total. The van der Waals surface area contributed by atoms with Crippen LogP contribution in [-0.2, 0) is 0 Å². The van der Waals surface area contributed by atoms with Gasteiger partial charge >= 0.3 is 0 Å². The molecule has 3 aromatic rings. The first-order chi connectivity index (χ1) is 12.6. The Morgan fingerprint density at radius 3 is 2.65 bits per heavy atom. The van der Waals surface area contributed by atoms with Gasteiger partial charge < -0.3 is 5.73 Å². The highest BCUT2D eigenvalue weighted by Gasteiger charge is 2.10. The van der Waals surface area contributed by atoms with E-state index in [1.54, 1.807) is 10.9 Å². The summed E-state index contributed by atoms with van der Waals surface area (Å²) in [6.45, 7) is 1.98. The molecular formula is C20H17FN4O. The van der Waals surface area contributed by atoms with Gasteiger partial charge in [0.2, 0.25) is 5.43 Å². The van der Waals surface area contributed by atoms with Gasteiger partial charge in [-0.3, -0.25) is 4.79 Å². The summed E-state index contributed by atoms with van der Waals surface area (Å²) in [6, 6.07) is 14.8. The minimum Gasteiger partial charge on any atom is -0.405 e. The molecule has 0 fully saturated rings. The second-order valence-corrected chi connectivity index (χ2v) is 5.64. The maximum atomic E-state index is 13.1. The number of halogens is 1. The molecule has 130 valence electrons. The molecule has 2 aromatic carbocycles. The predicted molar refractivity (Wildman–Crippen MR) is 100 cm³/mol. The first-order valence-corrected chi connectivity index (χ1v) is 7.97. The Balaban J connectivity index is 2.11. The second-order valence-electron chi connectivity index (χ2n) is 5.64. The number of nitrogens with two attached hydrogens (primary N) is 1. The molecule has 0 aliphatic heterocycles. The lowest BCUT2D eigenvalue weighted by molar-refractivity contribution is 0.628. The van der Waals surface area contributed by atoms with Crippen molar-refractivity contribution in [2.24, 2.45) is 10.7 Å². The summed E-state index contributed by atoms with van der Waals surface area (Å²) in [5, 5.41) is 4.41. The lowest BCUT2D eigenvalue weighted by Crippen LogP contribution is -2.20. The van der Waals surface area contributed by atoms with Gasteiger partial charge in [-0.25, -0.2) is 14.1 Å². The lowest BCUT2D eigenvalue weighted by Gasteiger charge is -2.08. The number of aliphatic imine (C=N–C) groups is 1. The first kappa shape index (κ1) is 17.3. The summed E-state index contributed by atoms with van der Waals surface area (Å²) in [6.07, 6.45) is 4.38. The van der Waals surface area contributed by atoms with Gasteiger partial charge in [0.05, 0.1) is 17.1 Å². The minimum atomic E-state index is -0.362. The number of aryl methyl sites for hydroxylation is 1. The van der Waals surface area contributed by atoms with Crippen molar-refractivity contribution in [3.05, 3.63) is 100 Å². The summed E-state index contributed by atoms with van der Waals surface area (Å²) >= 11 is 0. The van der Waals surface area contributed by atoms with Gasteiger partial charge in [0.25, 0.3) is 0 Å². The molecule has 0 saturated carbocycles. The number of allylic oxidation sites excluding steroid dienone is 1. The van der Waals surface area contributed by atoms with Crippen molar-refractivity contribution in [1.29, 1.82) is 0 Å². The number of nitrogens with zero attached hydrogens (tertiary/aromatic N) is 3. The number of aromatic nitrogens is 2. The average Bonchev–Trinajstić information content (AvgIpc) is 2.63. The van der Waals surface area contributed by atoms with E-state index in [-0.39, 0.29) is 16.9 Å². The molecule has 0 amide bonds. The maximum Gasteiger partial charge on any atom is 0.209 e. The van der Waals surface area contributed by atoms with E-state index in [0.29, 0.717) is 11.4 Å². The predicted octanol–water partition coefficient (Wildman–Crippen LogP) is 3.27. The molecule has 5 nitrogen and oxygen atoms in total. The molecule has 0 atom stereocenters. The van der Waals surface area contributed by atoms with Crippen LogP contribution in [0.4, 0.5) is 10.1 Å². The van der Waals surface area contributed by atoms with Crippen LogP contribution in [0.25, 0.3) is 5.69 Å². The fourth-order valence-electron chi connectivity index (χ4n) is 2.41. The number of hydrogen-bond acceptors (Lipinski definition) is 4. The monoisotopic (exact) mass is 348 g/mol. The summed E-state index contributed by atoms with van der Waals surface area (Å²) in [5.41, 5.74) is 8.06. The van der Waals surface area contributed by atoms with Crippen molar-refractivity contribution in [3.63, 3.8) is 0 Å². The van der Waals surface area contributed by atoms with Crippen molar-refractivity contribution < 1.29 is 4.39 Å². The first-order valence-electron chi connectivity index (χ1n) is 7.97. The fraction of sp³-hybridized carbons (Fsp3) is 0.0500. The number of rotatable bonds is 4. The second kappa shape index (κ2) is 7.57. The van der Waals surface area contributed by atoms with Gasteiger partial charge in [0.1, 0.15) is 5.82 Å². The van der Waals surface area contributed by atoms with Gasteiger partial charge in [-0.05, 0) is 61.2 Å². The Bertz CT molecular complexity index is 1040. The molecule has 1 heterocycles. The van der Waals surface area contributed by atoms with E-state index >= 15 is 0 Å². The molecule has 0 saturated heterocycles. The molecule has 0 aliphatic carbocycles. The highest BCUT2D eigenvalue weighted by molar-refractivity contribution is 6.08. The molecule has 0 bridgehead atoms. The summed E-state index contributed by atoms with van der Waals surface area (Å²) in [7, 11) is 0. The van der Waals surface area contributed by atoms with Gasteiger partial charge in [-0.2, -0.15) is 5.10 Å². The van der Waals surface area contributed by atoms with Crippen molar-refractivity contribution >= 4 is 11.4 Å². The molecule has 1 aromatic heterocycles. The standard InChI is InChI=1S/C20H17FN4O/c1-14-3-2-4-17(13-14)25-12-10-19(26)20(24-25)18(9-11-22)23-16-7-5-15(21)6-8-16/h2-13H,22H2,1H3. The largest absolute Gasteiger partial charge is 0.405 e. The van der Waals surface area contributed by atoms with Crippen LogP contribution >= 0.6 is 0 Å². The quantitative estimate of drug-likeness (QED) is 0.736. The van der Waals surface area contributed by atoms with E-state index < -0.39 is 0 Å². The van der Waals surface area contributed by atoms with Crippen LogP contribution in [0.1, 0.15) is 11.3 Å². The highest BCUT2D eigenvalue weighted by Crippen LogP contribution is 2.14. The Hall–Kier alpha value is -3.54. The molecule has 0 spiro atoms. The van der Waals surface area contributed by atoms with Gasteiger partial charge in [0.15, 0.2) is 5.69 Å². The van der Waals surface area contributed by atoms with Crippen LogP contribution in [0.2, 0.25) is 0 Å². The topological polar surface area (TPSA) is 73.3 Å². The number of benzene rings is 2. The van der Waals surface area contributed by atoms with Crippen molar-refractivity contribution in [2.75, 3.05) is 0 Å². The smallest absolute Gasteiger partial charge is 0.209 e. The summed E-state index contributed by atoms with van der Waals surface area (Å²) < 4.78 is 14.7. The third-order valence-electron chi connectivity index (χ3n) is 3.65. The van der Waals surface area contributed by atoms with Crippen molar-refractivity contribution in [3.8, 4) is 5.69 Å². The molecule has 0 radical (unpaired) electrons. The van der Waals surface area contributed by atoms with Gasteiger partial charge in [-0.15, -0.1) is 0 Å². The van der Waals surface area contributed by atoms with E-state index in [0.717, 1.165) is 11.3 Å². The molecule has 0 aliphatic rings. The summed E-state index contributed by atoms with van der Waals surface area (Å²) in [4.78, 5) is 16.7. The molecule has 6 heteroatoms. The zero-order valence-electron chi connectivity index (χ0n) is 14.1. The van der Waals surface area contributed by atoms with E-state index in [2.05, 4.69) is 10.1 Å². The van der Waals surface area contributed by atoms with Crippen LogP contribution in [0, 0.1) is 12.7 Å². The fourth-order valence-corrected chi connectivity index (χ4v) is 2.41. The lowest BCUT2D eigenvalue weighted by atomic mass is 10.2. The van der Waals surface area contributed by atoms with E-state index in [4.69, 9.17) is 5.73 Å². The van der Waals surface area contributed by atoms with E-state index in [9.17, 15) is 9.18 Å². The molecular weight excluding hydrogens is 331 g/mol. The van der Waals surface area contributed by atoms with Gasteiger partial charge in [-0.1, -0.05) is 12.1 Å². The molecule has 3 rings (SSSR count). The van der Waals surface area contributed by atoms with Crippen LogP contribution in [0.15, 0.2) is 82.9 Å². The summed E-state index contributed by atoms with van der Waals surface area (Å²) in [5.74, 6) is -0.362. The SMILES string of the molecule is Cc1cccc(-n2ccc(=O)c(C(C=CN)=Nc3ccc(F)cc3)n2)c1. The van der Waals surface area contributed by atoms with Crippen LogP contribution in [-0.4, -0.2) is 15.5 Å². The van der Waals surface area contributed by atoms with Crippen LogP contribution < -0.4 is 11.2 Å². The number of hydrogen-bond donors (Lipinski definition) is 1. The zero-order chi connectivity index (χ0) is 18.5. The Morgan fingerprint density at radius 1 is 1.19 bits per heavy atom. The Morgan fingerprint density at radius 2 is 1.96 bits per heavy atom. The van der Waals surface area contributed by atoms with E-state index in [1.807, 2.05) is 31.2 Å². The Kier molecular flexibility index (Phi) is 5.03. The third-order valence-corrected chi connectivity index (χ3v) is 3.65. The maximum absolute atomic E-state index is 13.1. The Labute approximate surface area is 149 Å². The van der Waals surface area contributed by atoms with E-state index in [1.165, 1.54) is 42.6 Å². The highest BCUT2D eigenvalue weighted by atomic mass is 19.1. The zero-order valence-corrected chi connectivity index (χ0v) is 14.1. The van der Waals surface area contributed by atoms with Crippen LogP contribution in [0.5, 0.6) is 0 Å². The van der Waals surface area contributed by atoms with Gasteiger partial charge in [0, 0.05) is 12.3 Å². The molecule has 0 unspecified atom stereocenters. The van der Waals surface area contributed by atoms with Crippen molar-refractivity contribution in [2.45, 2.75) is 6.92 Å². The molecule has 26 heavy (non-hydrogen) atoms. The normalized spacial score (nSPS) is 11.8. The third kappa shape index (κ3) is 3.92. The van der Waals surface area contributed by atoms with Crippen molar-refractivity contribution in [1.82, 2.24) is 9.78 Å². The minimum absolute atomic E-state index is 0.153.